The lowest BCUT2D eigenvalue weighted by Crippen LogP contribution is -2.43. The van der Waals surface area contributed by atoms with Crippen molar-refractivity contribution in [2.24, 2.45) is 5.92 Å². The first-order valence-corrected chi connectivity index (χ1v) is 7.71. The number of hydrogen-bond donors (Lipinski definition) is 1. The van der Waals surface area contributed by atoms with Gasteiger partial charge in [0.2, 0.25) is 5.91 Å². The van der Waals surface area contributed by atoms with Crippen LogP contribution < -0.4 is 5.32 Å². The maximum atomic E-state index is 12.3. The number of nitrogens with zero attached hydrogens (tertiary/aromatic N) is 1. The molecule has 0 radical (unpaired) electrons. The Morgan fingerprint density at radius 3 is 2.37 bits per heavy atom. The van der Waals surface area contributed by atoms with E-state index in [1.807, 2.05) is 19.0 Å². The third-order valence-electron chi connectivity index (χ3n) is 4.85. The molecule has 1 saturated carbocycles. The van der Waals surface area contributed by atoms with E-state index in [0.29, 0.717) is 30.3 Å². The van der Waals surface area contributed by atoms with Gasteiger partial charge < -0.3 is 15.0 Å². The highest BCUT2D eigenvalue weighted by atomic mass is 16.5. The second kappa shape index (κ2) is 7.25. The van der Waals surface area contributed by atoms with Crippen LogP contribution in [-0.2, 0) is 9.53 Å². The first kappa shape index (κ1) is 14.8. The number of carbonyl (C=O) groups excluding carboxylic acids is 1. The maximum absolute atomic E-state index is 12.3. The molecule has 1 heterocycles. The average Bonchev–Trinajstić information content (AvgIpc) is 2.47. The fraction of sp³-hybridized carbons (Fsp3) is 0.933. The second-order valence-electron chi connectivity index (χ2n) is 6.06. The molecule has 4 nitrogen and oxygen atoms in total. The van der Waals surface area contributed by atoms with Crippen molar-refractivity contribution in [3.05, 3.63) is 0 Å². The number of carbonyl (C=O) groups is 1. The summed E-state index contributed by atoms with van der Waals surface area (Å²) in [6.45, 7) is 1.66. The first-order chi connectivity index (χ1) is 9.20. The smallest absolute Gasteiger partial charge is 0.222 e. The summed E-state index contributed by atoms with van der Waals surface area (Å²) in [4.78, 5) is 14.3. The van der Waals surface area contributed by atoms with Crippen molar-refractivity contribution in [1.82, 2.24) is 10.2 Å². The molecule has 1 aliphatic heterocycles. The zero-order chi connectivity index (χ0) is 13.7. The van der Waals surface area contributed by atoms with Crippen molar-refractivity contribution in [3.63, 3.8) is 0 Å². The molecule has 2 aliphatic rings. The van der Waals surface area contributed by atoms with Gasteiger partial charge in [0.05, 0.1) is 0 Å². The minimum atomic E-state index is 0.333. The zero-order valence-corrected chi connectivity index (χ0v) is 12.4. The number of rotatable bonds is 4. The molecule has 0 unspecified atom stereocenters. The Labute approximate surface area is 116 Å². The molecule has 0 aromatic rings. The number of hydrogen-bond acceptors (Lipinski definition) is 3. The summed E-state index contributed by atoms with van der Waals surface area (Å²) in [7, 11) is 4.02. The van der Waals surface area contributed by atoms with Gasteiger partial charge in [0.15, 0.2) is 0 Å². The third-order valence-corrected chi connectivity index (χ3v) is 4.85. The minimum Gasteiger partial charge on any atom is -0.381 e. The molecule has 1 aliphatic carbocycles. The van der Waals surface area contributed by atoms with Crippen molar-refractivity contribution >= 4 is 5.91 Å². The number of nitrogens with one attached hydrogen (secondary N) is 1. The normalized spacial score (nSPS) is 29.2. The SMILES string of the molecule is CNC1CCC(N(C)C(=O)CC2CCOCC2)CC1. The average molecular weight is 268 g/mol. The van der Waals surface area contributed by atoms with Gasteiger partial charge in [-0.3, -0.25) is 4.79 Å². The highest BCUT2D eigenvalue weighted by molar-refractivity contribution is 5.76. The van der Waals surface area contributed by atoms with Crippen LogP contribution in [0.1, 0.15) is 44.9 Å². The zero-order valence-electron chi connectivity index (χ0n) is 12.4. The molecular formula is C15H28N2O2. The Balaban J connectivity index is 1.75. The van der Waals surface area contributed by atoms with Crippen LogP contribution in [0.15, 0.2) is 0 Å². The van der Waals surface area contributed by atoms with Crippen molar-refractivity contribution in [3.8, 4) is 0 Å². The van der Waals surface area contributed by atoms with Gasteiger partial charge in [-0.05, 0) is 51.5 Å². The van der Waals surface area contributed by atoms with E-state index in [1.54, 1.807) is 0 Å². The summed E-state index contributed by atoms with van der Waals surface area (Å²) in [6, 6.07) is 1.10. The molecule has 0 aromatic heterocycles. The van der Waals surface area contributed by atoms with Gasteiger partial charge in [0.25, 0.3) is 0 Å². The number of amides is 1. The highest BCUT2D eigenvalue weighted by Gasteiger charge is 2.27. The maximum Gasteiger partial charge on any atom is 0.222 e. The summed E-state index contributed by atoms with van der Waals surface area (Å²) in [6.07, 6.45) is 7.47. The Hall–Kier alpha value is -0.610. The summed E-state index contributed by atoms with van der Waals surface area (Å²) >= 11 is 0. The minimum absolute atomic E-state index is 0.333. The van der Waals surface area contributed by atoms with Crippen LogP contribution in [-0.4, -0.2) is 50.2 Å². The van der Waals surface area contributed by atoms with Crippen LogP contribution in [0, 0.1) is 5.92 Å². The van der Waals surface area contributed by atoms with Crippen molar-refractivity contribution in [1.29, 1.82) is 0 Å². The molecular weight excluding hydrogens is 240 g/mol. The van der Waals surface area contributed by atoms with Gasteiger partial charge in [-0.2, -0.15) is 0 Å². The van der Waals surface area contributed by atoms with Crippen molar-refractivity contribution in [2.45, 2.75) is 57.0 Å². The first-order valence-electron chi connectivity index (χ1n) is 7.71. The summed E-state index contributed by atoms with van der Waals surface area (Å²) < 4.78 is 5.35. The van der Waals surface area contributed by atoms with E-state index in [1.165, 1.54) is 12.8 Å². The molecule has 2 rings (SSSR count). The molecule has 1 saturated heterocycles. The topological polar surface area (TPSA) is 41.6 Å². The van der Waals surface area contributed by atoms with Gasteiger partial charge in [-0.25, -0.2) is 0 Å². The molecule has 0 spiro atoms. The van der Waals surface area contributed by atoms with E-state index in [0.717, 1.165) is 38.9 Å². The molecule has 2 fully saturated rings. The standard InChI is InChI=1S/C15H28N2O2/c1-16-13-3-5-14(6-4-13)17(2)15(18)11-12-7-9-19-10-8-12/h12-14,16H,3-11H2,1-2H3. The van der Waals surface area contributed by atoms with Crippen LogP contribution in [0.3, 0.4) is 0 Å². The lowest BCUT2D eigenvalue weighted by atomic mass is 9.89. The van der Waals surface area contributed by atoms with E-state index in [4.69, 9.17) is 4.74 Å². The molecule has 110 valence electrons. The van der Waals surface area contributed by atoms with Crippen molar-refractivity contribution < 1.29 is 9.53 Å². The van der Waals surface area contributed by atoms with Crippen LogP contribution in [0.5, 0.6) is 0 Å². The summed E-state index contributed by atoms with van der Waals surface area (Å²) in [5, 5.41) is 3.34. The summed E-state index contributed by atoms with van der Waals surface area (Å²) in [5.74, 6) is 0.872. The van der Waals surface area contributed by atoms with E-state index in [9.17, 15) is 4.79 Å². The van der Waals surface area contributed by atoms with E-state index >= 15 is 0 Å². The van der Waals surface area contributed by atoms with Crippen LogP contribution in [0.4, 0.5) is 0 Å². The fourth-order valence-electron chi connectivity index (χ4n) is 3.30. The molecule has 1 N–H and O–H groups in total. The largest absolute Gasteiger partial charge is 0.381 e. The Morgan fingerprint density at radius 1 is 1.16 bits per heavy atom. The van der Waals surface area contributed by atoms with Crippen molar-refractivity contribution in [2.75, 3.05) is 27.3 Å². The van der Waals surface area contributed by atoms with Crippen LogP contribution in [0.25, 0.3) is 0 Å². The lowest BCUT2D eigenvalue weighted by Gasteiger charge is -2.35. The molecule has 0 bridgehead atoms. The van der Waals surface area contributed by atoms with Gasteiger partial charge in [-0.1, -0.05) is 0 Å². The third kappa shape index (κ3) is 4.18. The van der Waals surface area contributed by atoms with Gasteiger partial charge in [0, 0.05) is 38.8 Å². The van der Waals surface area contributed by atoms with E-state index in [-0.39, 0.29) is 0 Å². The monoisotopic (exact) mass is 268 g/mol. The number of ether oxygens (including phenoxy) is 1. The fourth-order valence-corrected chi connectivity index (χ4v) is 3.30. The van der Waals surface area contributed by atoms with Crippen LogP contribution >= 0.6 is 0 Å². The lowest BCUT2D eigenvalue weighted by molar-refractivity contribution is -0.134. The Morgan fingerprint density at radius 2 is 1.79 bits per heavy atom. The predicted octanol–water partition coefficient (Wildman–Crippen LogP) is 1.79. The Kier molecular flexibility index (Phi) is 5.64. The van der Waals surface area contributed by atoms with Crippen LogP contribution in [0.2, 0.25) is 0 Å². The van der Waals surface area contributed by atoms with E-state index in [2.05, 4.69) is 5.32 Å². The predicted molar refractivity (Wildman–Crippen MR) is 76.0 cm³/mol. The second-order valence-corrected chi connectivity index (χ2v) is 6.06. The Bertz CT molecular complexity index is 282. The molecule has 19 heavy (non-hydrogen) atoms. The molecule has 4 heteroatoms. The van der Waals surface area contributed by atoms with Gasteiger partial charge in [0.1, 0.15) is 0 Å². The summed E-state index contributed by atoms with van der Waals surface area (Å²) in [5.41, 5.74) is 0. The quantitative estimate of drug-likeness (QED) is 0.845. The van der Waals surface area contributed by atoms with E-state index < -0.39 is 0 Å². The molecule has 1 amide bonds. The molecule has 0 aromatic carbocycles. The van der Waals surface area contributed by atoms with Gasteiger partial charge in [-0.15, -0.1) is 0 Å². The molecule has 0 atom stereocenters. The highest BCUT2D eigenvalue weighted by Crippen LogP contribution is 2.25. The van der Waals surface area contributed by atoms with Gasteiger partial charge >= 0.3 is 0 Å².